The van der Waals surface area contributed by atoms with Crippen LogP contribution in [-0.4, -0.2) is 34.9 Å². The molecule has 4 heterocycles. The van der Waals surface area contributed by atoms with E-state index >= 15 is 0 Å². The summed E-state index contributed by atoms with van der Waals surface area (Å²) in [6.07, 6.45) is 6.99. The number of fused-ring (bicyclic) bond motifs is 1. The van der Waals surface area contributed by atoms with Gasteiger partial charge in [-0.1, -0.05) is 24.3 Å². The Hall–Kier alpha value is -5.38. The van der Waals surface area contributed by atoms with Crippen molar-refractivity contribution in [3.8, 4) is 28.7 Å². The smallest absolute Gasteiger partial charge is 0.228 e. The fourth-order valence-electron chi connectivity index (χ4n) is 3.93. The second kappa shape index (κ2) is 9.34. The maximum Gasteiger partial charge on any atom is 0.228 e. The first-order valence-electron chi connectivity index (χ1n) is 11.5. The van der Waals surface area contributed by atoms with E-state index in [1.54, 1.807) is 29.3 Å². The molecule has 0 unspecified atom stereocenters. The molecule has 0 atom stereocenters. The number of nitrogen functional groups attached to an aromatic ring is 1. The number of rotatable bonds is 6. The van der Waals surface area contributed by atoms with Gasteiger partial charge < -0.3 is 15.8 Å². The first kappa shape index (κ1) is 22.1. The maximum atomic E-state index is 6.07. The second-order valence-corrected chi connectivity index (χ2v) is 8.29. The van der Waals surface area contributed by atoms with Crippen LogP contribution in [0.4, 0.5) is 17.5 Å². The number of benzene rings is 2. The van der Waals surface area contributed by atoms with E-state index in [0.717, 1.165) is 22.0 Å². The van der Waals surface area contributed by atoms with Crippen LogP contribution in [0, 0.1) is 6.92 Å². The van der Waals surface area contributed by atoms with Gasteiger partial charge >= 0.3 is 0 Å². The van der Waals surface area contributed by atoms with E-state index in [9.17, 15) is 0 Å². The molecule has 6 aromatic rings. The lowest BCUT2D eigenvalue weighted by molar-refractivity contribution is 0.465. The van der Waals surface area contributed by atoms with Crippen molar-refractivity contribution in [3.05, 3.63) is 97.1 Å². The molecule has 6 rings (SSSR count). The third-order valence-corrected chi connectivity index (χ3v) is 5.65. The number of nitrogens with one attached hydrogen (secondary N) is 1. The van der Waals surface area contributed by atoms with Crippen LogP contribution in [-0.2, 0) is 0 Å². The lowest BCUT2D eigenvalue weighted by Crippen LogP contribution is -2.04. The summed E-state index contributed by atoms with van der Waals surface area (Å²) < 4.78 is 7.81. The molecule has 0 aliphatic rings. The first-order chi connectivity index (χ1) is 18.1. The lowest BCUT2D eigenvalue weighted by atomic mass is 10.1. The zero-order chi connectivity index (χ0) is 25.2. The van der Waals surface area contributed by atoms with E-state index in [-0.39, 0.29) is 5.95 Å². The molecule has 0 saturated carbocycles. The van der Waals surface area contributed by atoms with Gasteiger partial charge in [0.15, 0.2) is 11.6 Å². The number of hydrogen-bond acceptors (Lipinski definition) is 9. The molecule has 180 valence electrons. The van der Waals surface area contributed by atoms with Gasteiger partial charge in [0.2, 0.25) is 11.8 Å². The van der Waals surface area contributed by atoms with E-state index < -0.39 is 0 Å². The SMILES string of the molecule is Cc1cnn(-c2nnc(Nc3ccc(Oc4ncccc4-c4ccnc(N)n4)cc3)c3ccccc23)c1. The number of ether oxygens (including phenoxy) is 1. The highest BCUT2D eigenvalue weighted by molar-refractivity contribution is 5.97. The van der Waals surface area contributed by atoms with E-state index in [2.05, 4.69) is 35.6 Å². The van der Waals surface area contributed by atoms with Crippen molar-refractivity contribution in [2.24, 2.45) is 0 Å². The Morgan fingerprint density at radius 1 is 0.865 bits per heavy atom. The van der Waals surface area contributed by atoms with Crippen molar-refractivity contribution >= 4 is 28.2 Å². The summed E-state index contributed by atoms with van der Waals surface area (Å²) >= 11 is 0. The lowest BCUT2D eigenvalue weighted by Gasteiger charge is -2.12. The zero-order valence-corrected chi connectivity index (χ0v) is 19.8. The highest BCUT2D eigenvalue weighted by Gasteiger charge is 2.13. The predicted molar refractivity (Wildman–Crippen MR) is 141 cm³/mol. The molecule has 0 fully saturated rings. The van der Waals surface area contributed by atoms with E-state index in [0.29, 0.717) is 34.5 Å². The topological polar surface area (TPSA) is 130 Å². The minimum absolute atomic E-state index is 0.186. The number of aromatic nitrogens is 7. The van der Waals surface area contributed by atoms with Crippen LogP contribution in [0.25, 0.3) is 27.8 Å². The Morgan fingerprint density at radius 3 is 2.49 bits per heavy atom. The molecule has 0 saturated heterocycles. The van der Waals surface area contributed by atoms with Gasteiger partial charge in [0.1, 0.15) is 5.75 Å². The van der Waals surface area contributed by atoms with Crippen molar-refractivity contribution in [1.82, 2.24) is 34.9 Å². The molecule has 10 nitrogen and oxygen atoms in total. The highest BCUT2D eigenvalue weighted by atomic mass is 16.5. The van der Waals surface area contributed by atoms with Crippen LogP contribution in [0.5, 0.6) is 11.6 Å². The Labute approximate surface area is 211 Å². The van der Waals surface area contributed by atoms with Gasteiger partial charge in [0.05, 0.1) is 17.5 Å². The van der Waals surface area contributed by atoms with Crippen LogP contribution < -0.4 is 15.8 Å². The van der Waals surface area contributed by atoms with Gasteiger partial charge in [-0.3, -0.25) is 0 Å². The van der Waals surface area contributed by atoms with Crippen LogP contribution in [0.2, 0.25) is 0 Å². The van der Waals surface area contributed by atoms with Crippen LogP contribution in [0.1, 0.15) is 5.56 Å². The molecule has 0 aliphatic heterocycles. The zero-order valence-electron chi connectivity index (χ0n) is 19.8. The molecular formula is C27H21N9O. The molecule has 0 bridgehead atoms. The van der Waals surface area contributed by atoms with Gasteiger partial charge in [-0.25, -0.2) is 19.6 Å². The van der Waals surface area contributed by atoms with Crippen molar-refractivity contribution in [3.63, 3.8) is 0 Å². The van der Waals surface area contributed by atoms with Crippen LogP contribution >= 0.6 is 0 Å². The second-order valence-electron chi connectivity index (χ2n) is 8.29. The van der Waals surface area contributed by atoms with Gasteiger partial charge in [-0.2, -0.15) is 5.10 Å². The first-order valence-corrected chi connectivity index (χ1v) is 11.5. The normalized spacial score (nSPS) is 10.9. The Kier molecular flexibility index (Phi) is 5.58. The summed E-state index contributed by atoms with van der Waals surface area (Å²) in [5.41, 5.74) is 8.98. The number of hydrogen-bond donors (Lipinski definition) is 2. The summed E-state index contributed by atoms with van der Waals surface area (Å²) in [7, 11) is 0. The molecule has 2 aromatic carbocycles. The number of nitrogens with zero attached hydrogens (tertiary/aromatic N) is 7. The van der Waals surface area contributed by atoms with E-state index in [1.807, 2.05) is 73.8 Å². The van der Waals surface area contributed by atoms with Gasteiger partial charge in [0, 0.05) is 35.1 Å². The molecule has 0 amide bonds. The van der Waals surface area contributed by atoms with E-state index in [1.165, 1.54) is 0 Å². The predicted octanol–water partition coefficient (Wildman–Crippen LogP) is 5.09. The quantitative estimate of drug-likeness (QED) is 0.330. The minimum atomic E-state index is 0.186. The van der Waals surface area contributed by atoms with Crippen molar-refractivity contribution < 1.29 is 4.74 Å². The standard InChI is InChI=1S/C27H21N9O/c1-17-15-31-36(16-17)25-21-6-3-2-5-20(21)24(34-35-25)32-18-8-10-19(11-9-18)37-26-22(7-4-13-29-26)23-12-14-30-27(28)33-23/h2-16H,1H3,(H,32,34)(H2,28,30,33). The Balaban J connectivity index is 1.26. The van der Waals surface area contributed by atoms with Gasteiger partial charge in [0.25, 0.3) is 0 Å². The molecule has 10 heteroatoms. The molecular weight excluding hydrogens is 466 g/mol. The Bertz CT molecular complexity index is 1710. The summed E-state index contributed by atoms with van der Waals surface area (Å²) in [5, 5.41) is 18.5. The Morgan fingerprint density at radius 2 is 1.70 bits per heavy atom. The fraction of sp³-hybridized carbons (Fsp3) is 0.0370. The molecule has 0 aliphatic carbocycles. The van der Waals surface area contributed by atoms with Crippen LogP contribution in [0.15, 0.2) is 91.5 Å². The molecule has 37 heavy (non-hydrogen) atoms. The molecule has 0 spiro atoms. The number of pyridine rings is 1. The average Bonchev–Trinajstić information content (AvgIpc) is 3.36. The third kappa shape index (κ3) is 4.50. The summed E-state index contributed by atoms with van der Waals surface area (Å²) in [6, 6.07) is 20.9. The molecule has 0 radical (unpaired) electrons. The van der Waals surface area contributed by atoms with Crippen LogP contribution in [0.3, 0.4) is 0 Å². The third-order valence-electron chi connectivity index (χ3n) is 5.65. The number of nitrogens with two attached hydrogens (primary N) is 1. The molecule has 3 N–H and O–H groups in total. The number of aryl methyl sites for hydroxylation is 1. The monoisotopic (exact) mass is 487 g/mol. The average molecular weight is 488 g/mol. The minimum Gasteiger partial charge on any atom is -0.438 e. The molecule has 4 aromatic heterocycles. The summed E-state index contributed by atoms with van der Waals surface area (Å²) in [4.78, 5) is 12.6. The van der Waals surface area contributed by atoms with Crippen molar-refractivity contribution in [2.75, 3.05) is 11.1 Å². The van der Waals surface area contributed by atoms with Crippen molar-refractivity contribution in [2.45, 2.75) is 6.92 Å². The fourth-order valence-corrected chi connectivity index (χ4v) is 3.93. The maximum absolute atomic E-state index is 6.07. The summed E-state index contributed by atoms with van der Waals surface area (Å²) in [5.74, 6) is 2.54. The summed E-state index contributed by atoms with van der Waals surface area (Å²) in [6.45, 7) is 1.99. The van der Waals surface area contributed by atoms with E-state index in [4.69, 9.17) is 10.5 Å². The van der Waals surface area contributed by atoms with Gasteiger partial charge in [-0.15, -0.1) is 10.2 Å². The largest absolute Gasteiger partial charge is 0.438 e. The highest BCUT2D eigenvalue weighted by Crippen LogP contribution is 2.32. The van der Waals surface area contributed by atoms with Crippen molar-refractivity contribution in [1.29, 1.82) is 0 Å². The number of anilines is 3. The van der Waals surface area contributed by atoms with Gasteiger partial charge in [-0.05, 0) is 55.0 Å².